The van der Waals surface area contributed by atoms with Gasteiger partial charge in [-0.15, -0.1) is 11.3 Å². The molecule has 0 aliphatic carbocycles. The van der Waals surface area contributed by atoms with Gasteiger partial charge in [0.15, 0.2) is 6.61 Å². The number of thiazole rings is 1. The summed E-state index contributed by atoms with van der Waals surface area (Å²) < 4.78 is 7.62. The minimum absolute atomic E-state index is 0.0991. The van der Waals surface area contributed by atoms with E-state index in [0.29, 0.717) is 16.5 Å². The number of rotatable bonds is 5. The average Bonchev–Trinajstić information content (AvgIpc) is 3.17. The van der Waals surface area contributed by atoms with Gasteiger partial charge in [-0.05, 0) is 95.9 Å². The average molecular weight is 516 g/mol. The fraction of sp³-hybridized carbons (Fsp3) is 0.167. The lowest BCUT2D eigenvalue weighted by atomic mass is 10.1. The van der Waals surface area contributed by atoms with Crippen molar-refractivity contribution in [3.8, 4) is 16.3 Å². The molecule has 4 nitrogen and oxygen atoms in total. The number of nitrogens with one attached hydrogen (secondary N) is 1. The molecule has 4 aromatic rings. The van der Waals surface area contributed by atoms with Crippen molar-refractivity contribution in [1.29, 1.82) is 0 Å². The first-order chi connectivity index (χ1) is 14.8. The number of amides is 1. The summed E-state index contributed by atoms with van der Waals surface area (Å²) in [5, 5.41) is 4.51. The van der Waals surface area contributed by atoms with Crippen LogP contribution < -0.4 is 10.1 Å². The molecule has 7 heteroatoms. The summed E-state index contributed by atoms with van der Waals surface area (Å²) in [6, 6.07) is 15.7. The highest BCUT2D eigenvalue weighted by Gasteiger charge is 2.13. The van der Waals surface area contributed by atoms with E-state index >= 15 is 0 Å². The zero-order valence-electron chi connectivity index (χ0n) is 17.3. The van der Waals surface area contributed by atoms with Crippen molar-refractivity contribution in [2.24, 2.45) is 0 Å². The third kappa shape index (κ3) is 4.76. The van der Waals surface area contributed by atoms with E-state index in [1.165, 1.54) is 10.3 Å². The Morgan fingerprint density at radius 1 is 1.13 bits per heavy atom. The molecule has 0 radical (unpaired) electrons. The SMILES string of the molecule is Cc1ccc2nc(-c3ccc(NC(=O)COc4cc(C)c(Cl)c(C)c4Br)cc3)sc2c1. The molecule has 1 N–H and O–H groups in total. The molecular weight excluding hydrogens is 496 g/mol. The Hall–Kier alpha value is -2.41. The van der Waals surface area contributed by atoms with Crippen molar-refractivity contribution in [1.82, 2.24) is 4.98 Å². The van der Waals surface area contributed by atoms with Gasteiger partial charge < -0.3 is 10.1 Å². The predicted molar refractivity (Wildman–Crippen MR) is 133 cm³/mol. The highest BCUT2D eigenvalue weighted by atomic mass is 79.9. The van der Waals surface area contributed by atoms with Crippen molar-refractivity contribution >= 4 is 60.7 Å². The number of ether oxygens (including phenoxy) is 1. The van der Waals surface area contributed by atoms with Gasteiger partial charge in [0.25, 0.3) is 5.91 Å². The number of hydrogen-bond donors (Lipinski definition) is 1. The number of carbonyl (C=O) groups is 1. The van der Waals surface area contributed by atoms with Crippen molar-refractivity contribution in [3.63, 3.8) is 0 Å². The molecule has 4 rings (SSSR count). The summed E-state index contributed by atoms with van der Waals surface area (Å²) in [5.41, 5.74) is 5.73. The highest BCUT2D eigenvalue weighted by molar-refractivity contribution is 9.10. The van der Waals surface area contributed by atoms with Crippen LogP contribution in [0.3, 0.4) is 0 Å². The number of benzene rings is 3. The number of nitrogens with zero attached hydrogens (tertiary/aromatic N) is 1. The van der Waals surface area contributed by atoms with E-state index in [1.807, 2.05) is 50.2 Å². The van der Waals surface area contributed by atoms with Crippen LogP contribution in [0.4, 0.5) is 5.69 Å². The van der Waals surface area contributed by atoms with Crippen LogP contribution in [0.2, 0.25) is 5.02 Å². The van der Waals surface area contributed by atoms with E-state index < -0.39 is 0 Å². The zero-order chi connectivity index (χ0) is 22.1. The summed E-state index contributed by atoms with van der Waals surface area (Å²) in [7, 11) is 0. The molecule has 3 aromatic carbocycles. The summed E-state index contributed by atoms with van der Waals surface area (Å²) in [6.45, 7) is 5.79. The molecule has 0 fully saturated rings. The smallest absolute Gasteiger partial charge is 0.262 e. The highest BCUT2D eigenvalue weighted by Crippen LogP contribution is 2.36. The fourth-order valence-corrected chi connectivity index (χ4v) is 4.96. The number of aromatic nitrogens is 1. The van der Waals surface area contributed by atoms with Crippen LogP contribution in [-0.2, 0) is 4.79 Å². The number of fused-ring (bicyclic) bond motifs is 1. The topological polar surface area (TPSA) is 51.2 Å². The van der Waals surface area contributed by atoms with Crippen LogP contribution >= 0.6 is 38.9 Å². The minimum atomic E-state index is -0.236. The molecule has 0 saturated carbocycles. The molecule has 1 heterocycles. The minimum Gasteiger partial charge on any atom is -0.483 e. The number of anilines is 1. The molecule has 0 saturated heterocycles. The standard InChI is InChI=1S/C24H20BrClN2O2S/c1-13-4-9-18-20(10-13)31-24(28-18)16-5-7-17(8-6-16)27-21(29)12-30-19-11-14(2)23(26)15(3)22(19)25/h4-11H,12H2,1-3H3,(H,27,29). The van der Waals surface area contributed by atoms with Gasteiger partial charge in [0.2, 0.25) is 0 Å². The van der Waals surface area contributed by atoms with Gasteiger partial charge in [-0.2, -0.15) is 0 Å². The zero-order valence-corrected chi connectivity index (χ0v) is 20.4. The Bertz CT molecular complexity index is 1290. The lowest BCUT2D eigenvalue weighted by molar-refractivity contribution is -0.118. The van der Waals surface area contributed by atoms with Gasteiger partial charge in [-0.25, -0.2) is 4.98 Å². The lowest BCUT2D eigenvalue weighted by Gasteiger charge is -2.13. The summed E-state index contributed by atoms with van der Waals surface area (Å²) in [6.07, 6.45) is 0. The Morgan fingerprint density at radius 2 is 1.87 bits per heavy atom. The monoisotopic (exact) mass is 514 g/mol. The van der Waals surface area contributed by atoms with E-state index in [4.69, 9.17) is 21.3 Å². The molecule has 0 aliphatic heterocycles. The van der Waals surface area contributed by atoms with E-state index in [-0.39, 0.29) is 12.5 Å². The molecule has 31 heavy (non-hydrogen) atoms. The second kappa shape index (κ2) is 8.99. The van der Waals surface area contributed by atoms with Crippen LogP contribution in [0.15, 0.2) is 53.0 Å². The molecule has 0 spiro atoms. The van der Waals surface area contributed by atoms with Crippen LogP contribution in [0, 0.1) is 20.8 Å². The Kier molecular flexibility index (Phi) is 6.32. The van der Waals surface area contributed by atoms with Crippen molar-refractivity contribution in [2.45, 2.75) is 20.8 Å². The van der Waals surface area contributed by atoms with Gasteiger partial charge in [-0.3, -0.25) is 4.79 Å². The van der Waals surface area contributed by atoms with Crippen LogP contribution in [0.1, 0.15) is 16.7 Å². The van der Waals surface area contributed by atoms with E-state index in [0.717, 1.165) is 31.7 Å². The van der Waals surface area contributed by atoms with Gasteiger partial charge in [-0.1, -0.05) is 17.7 Å². The number of carbonyl (C=O) groups excluding carboxylic acids is 1. The predicted octanol–water partition coefficient (Wildman–Crippen LogP) is 7.32. The van der Waals surface area contributed by atoms with E-state index in [1.54, 1.807) is 11.3 Å². The Balaban J connectivity index is 1.41. The quantitative estimate of drug-likeness (QED) is 0.303. The number of halogens is 2. The van der Waals surface area contributed by atoms with Gasteiger partial charge in [0, 0.05) is 16.3 Å². The molecule has 0 aliphatic rings. The molecule has 1 aromatic heterocycles. The summed E-state index contributed by atoms with van der Waals surface area (Å²) in [5.74, 6) is 0.358. The van der Waals surface area contributed by atoms with Crippen molar-refractivity contribution in [3.05, 3.63) is 74.7 Å². The molecular formula is C24H20BrClN2O2S. The Morgan fingerprint density at radius 3 is 2.61 bits per heavy atom. The van der Waals surface area contributed by atoms with Crippen molar-refractivity contribution in [2.75, 3.05) is 11.9 Å². The number of aryl methyl sites for hydroxylation is 2. The first-order valence-electron chi connectivity index (χ1n) is 9.67. The maximum absolute atomic E-state index is 12.4. The van der Waals surface area contributed by atoms with Gasteiger partial charge in [0.05, 0.1) is 14.7 Å². The Labute approximate surface area is 198 Å². The second-order valence-electron chi connectivity index (χ2n) is 7.35. The van der Waals surface area contributed by atoms with Crippen molar-refractivity contribution < 1.29 is 9.53 Å². The van der Waals surface area contributed by atoms with Crippen LogP contribution in [0.25, 0.3) is 20.8 Å². The third-order valence-electron chi connectivity index (χ3n) is 4.89. The first kappa shape index (κ1) is 21.8. The van der Waals surface area contributed by atoms with E-state index in [9.17, 15) is 4.79 Å². The lowest BCUT2D eigenvalue weighted by Crippen LogP contribution is -2.20. The molecule has 158 valence electrons. The second-order valence-corrected chi connectivity index (χ2v) is 9.55. The van der Waals surface area contributed by atoms with E-state index in [2.05, 4.69) is 40.3 Å². The normalized spacial score (nSPS) is 11.0. The van der Waals surface area contributed by atoms with Gasteiger partial charge >= 0.3 is 0 Å². The largest absolute Gasteiger partial charge is 0.483 e. The van der Waals surface area contributed by atoms with Gasteiger partial charge in [0.1, 0.15) is 10.8 Å². The molecule has 0 atom stereocenters. The summed E-state index contributed by atoms with van der Waals surface area (Å²) in [4.78, 5) is 17.1. The molecule has 1 amide bonds. The maximum Gasteiger partial charge on any atom is 0.262 e. The fourth-order valence-electron chi connectivity index (χ4n) is 3.20. The summed E-state index contributed by atoms with van der Waals surface area (Å²) >= 11 is 11.4. The van der Waals surface area contributed by atoms with Crippen LogP contribution in [0.5, 0.6) is 5.75 Å². The molecule has 0 unspecified atom stereocenters. The number of hydrogen-bond acceptors (Lipinski definition) is 4. The van der Waals surface area contributed by atoms with Crippen LogP contribution in [-0.4, -0.2) is 17.5 Å². The molecule has 0 bridgehead atoms. The maximum atomic E-state index is 12.4. The first-order valence-corrected chi connectivity index (χ1v) is 11.7. The third-order valence-corrected chi connectivity index (χ3v) is 7.52.